The highest BCUT2D eigenvalue weighted by Gasteiger charge is 2.24. The Morgan fingerprint density at radius 1 is 1.61 bits per heavy atom. The van der Waals surface area contributed by atoms with E-state index < -0.39 is 10.0 Å². The average Bonchev–Trinajstić information content (AvgIpc) is 2.61. The third-order valence-electron chi connectivity index (χ3n) is 2.48. The van der Waals surface area contributed by atoms with Gasteiger partial charge >= 0.3 is 0 Å². The van der Waals surface area contributed by atoms with Crippen LogP contribution in [0.25, 0.3) is 0 Å². The minimum absolute atomic E-state index is 0.0575. The molecule has 2 N–H and O–H groups in total. The van der Waals surface area contributed by atoms with E-state index in [0.29, 0.717) is 0 Å². The van der Waals surface area contributed by atoms with Gasteiger partial charge in [0.05, 0.1) is 10.4 Å². The Kier molecular flexibility index (Phi) is 6.14. The molecular formula is C10H16BrNO3S3. The molecule has 4 nitrogen and oxygen atoms in total. The van der Waals surface area contributed by atoms with Crippen LogP contribution in [0, 0.1) is 6.92 Å². The Hall–Kier alpha value is 0.400. The van der Waals surface area contributed by atoms with Crippen LogP contribution in [-0.2, 0) is 10.0 Å². The predicted octanol–water partition coefficient (Wildman–Crippen LogP) is 2.21. The van der Waals surface area contributed by atoms with E-state index in [1.807, 2.05) is 13.2 Å². The number of halogens is 1. The van der Waals surface area contributed by atoms with Crippen LogP contribution < -0.4 is 4.72 Å². The standard InChI is InChI=1S/C10H16BrNO3S3/c1-6-4-9(17-10(6)11)18(14,15)12-7(2)8(5-13)16-3/h4,7-8,12-13H,5H2,1-3H3. The molecule has 18 heavy (non-hydrogen) atoms. The van der Waals surface area contributed by atoms with Crippen molar-refractivity contribution in [1.29, 1.82) is 0 Å². The van der Waals surface area contributed by atoms with Gasteiger partial charge in [-0.25, -0.2) is 13.1 Å². The molecule has 0 aromatic carbocycles. The van der Waals surface area contributed by atoms with Crippen LogP contribution in [0.5, 0.6) is 0 Å². The molecule has 1 aromatic heterocycles. The second-order valence-electron chi connectivity index (χ2n) is 3.89. The van der Waals surface area contributed by atoms with Crippen LogP contribution in [0.15, 0.2) is 14.1 Å². The molecule has 1 rings (SSSR count). The van der Waals surface area contributed by atoms with Crippen LogP contribution in [0.4, 0.5) is 0 Å². The normalized spacial score (nSPS) is 15.6. The molecule has 0 saturated carbocycles. The molecule has 104 valence electrons. The van der Waals surface area contributed by atoms with Crippen molar-refractivity contribution < 1.29 is 13.5 Å². The summed E-state index contributed by atoms with van der Waals surface area (Å²) in [5.74, 6) is 0. The number of thiophene rings is 1. The SMILES string of the molecule is CSC(CO)C(C)NS(=O)(=O)c1cc(C)c(Br)s1. The first-order chi connectivity index (χ1) is 8.31. The van der Waals surface area contributed by atoms with E-state index in [2.05, 4.69) is 20.7 Å². The predicted molar refractivity (Wildman–Crippen MR) is 80.9 cm³/mol. The lowest BCUT2D eigenvalue weighted by Crippen LogP contribution is -2.40. The first kappa shape index (κ1) is 16.5. The molecular weight excluding hydrogens is 358 g/mol. The highest BCUT2D eigenvalue weighted by molar-refractivity contribution is 9.11. The largest absolute Gasteiger partial charge is 0.395 e. The molecule has 0 aliphatic heterocycles. The number of nitrogens with one attached hydrogen (secondary N) is 1. The molecule has 0 bridgehead atoms. The molecule has 0 spiro atoms. The summed E-state index contributed by atoms with van der Waals surface area (Å²) in [5.41, 5.74) is 0.900. The number of aryl methyl sites for hydroxylation is 1. The first-order valence-corrected chi connectivity index (χ1v) is 9.61. The van der Waals surface area contributed by atoms with E-state index in [4.69, 9.17) is 5.11 Å². The van der Waals surface area contributed by atoms with Gasteiger partial charge in [-0.15, -0.1) is 11.3 Å². The fourth-order valence-electron chi connectivity index (χ4n) is 1.38. The lowest BCUT2D eigenvalue weighted by Gasteiger charge is -2.20. The van der Waals surface area contributed by atoms with Gasteiger partial charge in [0.15, 0.2) is 0 Å². The molecule has 0 aliphatic rings. The number of aliphatic hydroxyl groups is 1. The van der Waals surface area contributed by atoms with Crippen molar-refractivity contribution in [2.45, 2.75) is 29.3 Å². The Bertz CT molecular complexity index is 477. The van der Waals surface area contributed by atoms with Crippen molar-refractivity contribution in [2.75, 3.05) is 12.9 Å². The second kappa shape index (κ2) is 6.71. The third kappa shape index (κ3) is 3.94. The Morgan fingerprint density at radius 3 is 2.61 bits per heavy atom. The highest BCUT2D eigenvalue weighted by Crippen LogP contribution is 2.30. The van der Waals surface area contributed by atoms with Crippen LogP contribution in [0.2, 0.25) is 0 Å². The van der Waals surface area contributed by atoms with E-state index in [1.54, 1.807) is 13.0 Å². The summed E-state index contributed by atoms with van der Waals surface area (Å²) in [6.45, 7) is 3.55. The maximum Gasteiger partial charge on any atom is 0.250 e. The zero-order valence-corrected chi connectivity index (χ0v) is 14.3. The summed E-state index contributed by atoms with van der Waals surface area (Å²) < 4.78 is 28.0. The molecule has 0 amide bonds. The van der Waals surface area contributed by atoms with Gasteiger partial charge in [0, 0.05) is 11.3 Å². The van der Waals surface area contributed by atoms with Crippen LogP contribution in [0.3, 0.4) is 0 Å². The number of sulfonamides is 1. The summed E-state index contributed by atoms with van der Waals surface area (Å²) >= 11 is 5.94. The number of hydrogen-bond donors (Lipinski definition) is 2. The van der Waals surface area contributed by atoms with Crippen molar-refractivity contribution in [3.8, 4) is 0 Å². The zero-order valence-electron chi connectivity index (χ0n) is 10.3. The van der Waals surface area contributed by atoms with Gasteiger partial charge in [0.25, 0.3) is 0 Å². The van der Waals surface area contributed by atoms with Crippen molar-refractivity contribution in [2.24, 2.45) is 0 Å². The summed E-state index contributed by atoms with van der Waals surface area (Å²) in [6.07, 6.45) is 1.84. The number of hydrogen-bond acceptors (Lipinski definition) is 5. The van der Waals surface area contributed by atoms with Gasteiger partial charge in [-0.1, -0.05) is 0 Å². The number of thioether (sulfide) groups is 1. The summed E-state index contributed by atoms with van der Waals surface area (Å²) in [6, 6.07) is 1.31. The minimum atomic E-state index is -3.51. The number of rotatable bonds is 6. The van der Waals surface area contributed by atoms with Crippen molar-refractivity contribution >= 4 is 49.1 Å². The smallest absolute Gasteiger partial charge is 0.250 e. The average molecular weight is 374 g/mol. The lowest BCUT2D eigenvalue weighted by molar-refractivity contribution is 0.282. The van der Waals surface area contributed by atoms with E-state index in [0.717, 1.165) is 9.35 Å². The van der Waals surface area contributed by atoms with Gasteiger partial charge < -0.3 is 5.11 Å². The van der Waals surface area contributed by atoms with Gasteiger partial charge in [-0.3, -0.25) is 0 Å². The van der Waals surface area contributed by atoms with Crippen LogP contribution in [-0.4, -0.2) is 37.7 Å². The fourth-order valence-corrected chi connectivity index (χ4v) is 5.62. The van der Waals surface area contributed by atoms with Gasteiger partial charge in [0.2, 0.25) is 10.0 Å². The van der Waals surface area contributed by atoms with Gasteiger partial charge in [-0.2, -0.15) is 11.8 Å². The monoisotopic (exact) mass is 373 g/mol. The molecule has 0 saturated heterocycles. The third-order valence-corrected chi connectivity index (χ3v) is 7.81. The maximum atomic E-state index is 12.1. The maximum absolute atomic E-state index is 12.1. The number of aliphatic hydroxyl groups excluding tert-OH is 1. The summed E-state index contributed by atoms with van der Waals surface area (Å²) in [5, 5.41) is 9.00. The van der Waals surface area contributed by atoms with E-state index >= 15 is 0 Å². The second-order valence-corrected chi connectivity index (χ2v) is 9.28. The lowest BCUT2D eigenvalue weighted by atomic mass is 10.3. The molecule has 1 heterocycles. The van der Waals surface area contributed by atoms with Crippen molar-refractivity contribution in [3.63, 3.8) is 0 Å². The molecule has 8 heteroatoms. The van der Waals surface area contributed by atoms with Crippen molar-refractivity contribution in [1.82, 2.24) is 4.72 Å². The van der Waals surface area contributed by atoms with E-state index in [-0.39, 0.29) is 22.1 Å². The summed E-state index contributed by atoms with van der Waals surface area (Å²) in [4.78, 5) is 0. The molecule has 0 radical (unpaired) electrons. The molecule has 2 atom stereocenters. The first-order valence-electron chi connectivity index (χ1n) is 5.23. The molecule has 1 aromatic rings. The molecule has 2 unspecified atom stereocenters. The van der Waals surface area contributed by atoms with Gasteiger partial charge in [0.1, 0.15) is 4.21 Å². The van der Waals surface area contributed by atoms with E-state index in [1.165, 1.54) is 23.1 Å². The van der Waals surface area contributed by atoms with Crippen LogP contribution >= 0.6 is 39.0 Å². The topological polar surface area (TPSA) is 66.4 Å². The zero-order chi connectivity index (χ0) is 13.9. The highest BCUT2D eigenvalue weighted by atomic mass is 79.9. The molecule has 0 aliphatic carbocycles. The van der Waals surface area contributed by atoms with Crippen molar-refractivity contribution in [3.05, 3.63) is 15.4 Å². The van der Waals surface area contributed by atoms with E-state index in [9.17, 15) is 8.42 Å². The Morgan fingerprint density at radius 2 is 2.22 bits per heavy atom. The minimum Gasteiger partial charge on any atom is -0.395 e. The summed E-state index contributed by atoms with van der Waals surface area (Å²) in [7, 11) is -3.51. The van der Waals surface area contributed by atoms with Crippen LogP contribution in [0.1, 0.15) is 12.5 Å². The fraction of sp³-hybridized carbons (Fsp3) is 0.600. The molecule has 0 fully saturated rings. The van der Waals surface area contributed by atoms with Gasteiger partial charge in [-0.05, 0) is 47.7 Å². The Balaban J connectivity index is 2.88. The Labute approximate surface area is 124 Å². The quantitative estimate of drug-likeness (QED) is 0.801.